The third-order valence-corrected chi connectivity index (χ3v) is 4.18. The Morgan fingerprint density at radius 3 is 2.43 bits per heavy atom. The predicted octanol–water partition coefficient (Wildman–Crippen LogP) is 2.61. The summed E-state index contributed by atoms with van der Waals surface area (Å²) < 4.78 is 11.4. The van der Waals surface area contributed by atoms with E-state index in [1.807, 2.05) is 45.0 Å². The molecule has 2 saturated heterocycles. The van der Waals surface area contributed by atoms with Gasteiger partial charge in [0, 0.05) is 18.8 Å². The van der Waals surface area contributed by atoms with Gasteiger partial charge in [-0.05, 0) is 32.4 Å². The molecule has 1 spiro atoms. The number of carbonyl (C=O) groups is 1. The number of nitrogens with zero attached hydrogens (tertiary/aromatic N) is 1. The van der Waals surface area contributed by atoms with Crippen molar-refractivity contribution < 1.29 is 14.3 Å². The van der Waals surface area contributed by atoms with Crippen LogP contribution in [0.2, 0.25) is 0 Å². The molecule has 0 bridgehead atoms. The largest absolute Gasteiger partial charge is 0.350 e. The Morgan fingerprint density at radius 1 is 1.19 bits per heavy atom. The van der Waals surface area contributed by atoms with Crippen LogP contribution in [-0.2, 0) is 9.47 Å². The van der Waals surface area contributed by atoms with Crippen molar-refractivity contribution in [1.29, 1.82) is 0 Å². The molecule has 2 heterocycles. The number of benzene rings is 1. The first-order chi connectivity index (χ1) is 9.89. The van der Waals surface area contributed by atoms with Gasteiger partial charge < -0.3 is 19.7 Å². The number of anilines is 1. The number of urea groups is 1. The van der Waals surface area contributed by atoms with Crippen LogP contribution in [0.3, 0.4) is 0 Å². The lowest BCUT2D eigenvalue weighted by atomic mass is 9.81. The highest BCUT2D eigenvalue weighted by Gasteiger charge is 2.50. The monoisotopic (exact) mass is 290 g/mol. The van der Waals surface area contributed by atoms with Crippen LogP contribution in [0.1, 0.15) is 19.4 Å². The second-order valence-corrected chi connectivity index (χ2v) is 6.58. The highest BCUT2D eigenvalue weighted by molar-refractivity contribution is 5.90. The SMILES string of the molecule is Cc1ccccc1NC(=O)N1CC2(COC(C)(C)OC2)C1. The number of likely N-dealkylation sites (tertiary alicyclic amines) is 1. The summed E-state index contributed by atoms with van der Waals surface area (Å²) >= 11 is 0. The highest BCUT2D eigenvalue weighted by Crippen LogP contribution is 2.37. The van der Waals surface area contributed by atoms with Crippen LogP contribution in [0.4, 0.5) is 10.5 Å². The molecule has 0 saturated carbocycles. The van der Waals surface area contributed by atoms with E-state index in [1.54, 1.807) is 4.90 Å². The average Bonchev–Trinajstić information content (AvgIpc) is 2.39. The van der Waals surface area contributed by atoms with E-state index < -0.39 is 5.79 Å². The molecule has 2 amide bonds. The summed E-state index contributed by atoms with van der Waals surface area (Å²) in [6, 6.07) is 7.73. The third-order valence-electron chi connectivity index (χ3n) is 4.18. The molecule has 0 radical (unpaired) electrons. The summed E-state index contributed by atoms with van der Waals surface area (Å²) in [6.45, 7) is 8.48. The van der Waals surface area contributed by atoms with Crippen molar-refractivity contribution in [2.75, 3.05) is 31.6 Å². The lowest BCUT2D eigenvalue weighted by Gasteiger charge is -2.53. The molecule has 1 N–H and O–H groups in total. The smallest absolute Gasteiger partial charge is 0.321 e. The van der Waals surface area contributed by atoms with Gasteiger partial charge in [-0.1, -0.05) is 18.2 Å². The molecule has 114 valence electrons. The molecule has 1 aromatic carbocycles. The maximum absolute atomic E-state index is 12.2. The lowest BCUT2D eigenvalue weighted by Crippen LogP contribution is -2.66. The van der Waals surface area contributed by atoms with Crippen molar-refractivity contribution in [1.82, 2.24) is 4.90 Å². The van der Waals surface area contributed by atoms with Crippen LogP contribution in [0, 0.1) is 12.3 Å². The van der Waals surface area contributed by atoms with E-state index in [0.29, 0.717) is 26.3 Å². The highest BCUT2D eigenvalue weighted by atomic mass is 16.7. The Morgan fingerprint density at radius 2 is 1.81 bits per heavy atom. The molecule has 0 aliphatic carbocycles. The second-order valence-electron chi connectivity index (χ2n) is 6.58. The molecule has 3 rings (SSSR count). The fraction of sp³-hybridized carbons (Fsp3) is 0.562. The average molecular weight is 290 g/mol. The Labute approximate surface area is 125 Å². The summed E-state index contributed by atoms with van der Waals surface area (Å²) in [6.07, 6.45) is 0. The molecule has 2 fully saturated rings. The Balaban J connectivity index is 1.55. The summed E-state index contributed by atoms with van der Waals surface area (Å²) in [4.78, 5) is 14.0. The van der Waals surface area contributed by atoms with Crippen LogP contribution in [-0.4, -0.2) is 43.0 Å². The molecule has 5 heteroatoms. The fourth-order valence-corrected chi connectivity index (χ4v) is 2.73. The zero-order valence-corrected chi connectivity index (χ0v) is 12.8. The van der Waals surface area contributed by atoms with Gasteiger partial charge in [0.1, 0.15) is 0 Å². The van der Waals surface area contributed by atoms with E-state index in [2.05, 4.69) is 5.32 Å². The number of carbonyl (C=O) groups excluding carboxylic acids is 1. The zero-order valence-electron chi connectivity index (χ0n) is 12.8. The van der Waals surface area contributed by atoms with Gasteiger partial charge in [-0.25, -0.2) is 4.79 Å². The van der Waals surface area contributed by atoms with Gasteiger partial charge in [-0.15, -0.1) is 0 Å². The second kappa shape index (κ2) is 5.00. The molecule has 2 aliphatic rings. The number of hydrogen-bond donors (Lipinski definition) is 1. The van der Waals surface area contributed by atoms with Crippen LogP contribution in [0.25, 0.3) is 0 Å². The minimum absolute atomic E-state index is 0.0292. The Hall–Kier alpha value is -1.59. The van der Waals surface area contributed by atoms with Crippen molar-refractivity contribution >= 4 is 11.7 Å². The van der Waals surface area contributed by atoms with E-state index in [-0.39, 0.29) is 11.4 Å². The van der Waals surface area contributed by atoms with Gasteiger partial charge in [-0.2, -0.15) is 0 Å². The van der Waals surface area contributed by atoms with Crippen LogP contribution in [0.5, 0.6) is 0 Å². The van der Waals surface area contributed by atoms with E-state index in [4.69, 9.17) is 9.47 Å². The fourth-order valence-electron chi connectivity index (χ4n) is 2.73. The number of aryl methyl sites for hydroxylation is 1. The molecule has 1 aromatic rings. The van der Waals surface area contributed by atoms with Gasteiger partial charge in [0.05, 0.1) is 18.6 Å². The number of ether oxygens (including phenoxy) is 2. The minimum Gasteiger partial charge on any atom is -0.350 e. The Bertz CT molecular complexity index is 538. The van der Waals surface area contributed by atoms with E-state index in [0.717, 1.165) is 11.3 Å². The first-order valence-electron chi connectivity index (χ1n) is 7.29. The summed E-state index contributed by atoms with van der Waals surface area (Å²) in [5.41, 5.74) is 1.89. The van der Waals surface area contributed by atoms with Crippen molar-refractivity contribution in [3.05, 3.63) is 29.8 Å². The van der Waals surface area contributed by atoms with Gasteiger partial charge in [0.2, 0.25) is 0 Å². The van der Waals surface area contributed by atoms with E-state index in [9.17, 15) is 4.79 Å². The topological polar surface area (TPSA) is 50.8 Å². The lowest BCUT2D eigenvalue weighted by molar-refractivity contribution is -0.301. The zero-order chi connectivity index (χ0) is 15.1. The number of para-hydroxylation sites is 1. The molecular weight excluding hydrogens is 268 g/mol. The maximum atomic E-state index is 12.2. The maximum Gasteiger partial charge on any atom is 0.321 e. The number of rotatable bonds is 1. The minimum atomic E-state index is -0.505. The predicted molar refractivity (Wildman–Crippen MR) is 80.2 cm³/mol. The first kappa shape index (κ1) is 14.4. The van der Waals surface area contributed by atoms with Gasteiger partial charge >= 0.3 is 6.03 Å². The van der Waals surface area contributed by atoms with Crippen molar-refractivity contribution in [3.63, 3.8) is 0 Å². The van der Waals surface area contributed by atoms with E-state index in [1.165, 1.54) is 0 Å². The van der Waals surface area contributed by atoms with Gasteiger partial charge in [-0.3, -0.25) is 0 Å². The number of hydrogen-bond acceptors (Lipinski definition) is 3. The van der Waals surface area contributed by atoms with E-state index >= 15 is 0 Å². The molecule has 0 atom stereocenters. The molecule has 2 aliphatic heterocycles. The van der Waals surface area contributed by atoms with Gasteiger partial charge in [0.15, 0.2) is 5.79 Å². The molecule has 21 heavy (non-hydrogen) atoms. The normalized spacial score (nSPS) is 22.7. The summed E-state index contributed by atoms with van der Waals surface area (Å²) in [7, 11) is 0. The molecule has 5 nitrogen and oxygen atoms in total. The quantitative estimate of drug-likeness (QED) is 0.865. The van der Waals surface area contributed by atoms with Crippen LogP contribution < -0.4 is 5.32 Å². The van der Waals surface area contributed by atoms with Crippen molar-refractivity contribution in [2.24, 2.45) is 5.41 Å². The molecule has 0 unspecified atom stereocenters. The van der Waals surface area contributed by atoms with Crippen LogP contribution in [0.15, 0.2) is 24.3 Å². The summed E-state index contributed by atoms with van der Waals surface area (Å²) in [5.74, 6) is -0.505. The molecule has 0 aromatic heterocycles. The number of nitrogens with one attached hydrogen (secondary N) is 1. The molecular formula is C16H22N2O3. The summed E-state index contributed by atoms with van der Waals surface area (Å²) in [5, 5.41) is 2.96. The van der Waals surface area contributed by atoms with Crippen molar-refractivity contribution in [3.8, 4) is 0 Å². The number of amides is 2. The van der Waals surface area contributed by atoms with Gasteiger partial charge in [0.25, 0.3) is 0 Å². The van der Waals surface area contributed by atoms with Crippen LogP contribution >= 0.6 is 0 Å². The van der Waals surface area contributed by atoms with Crippen molar-refractivity contribution in [2.45, 2.75) is 26.6 Å². The standard InChI is InChI=1S/C16H22N2O3/c1-12-6-4-5-7-13(12)17-14(19)18-8-16(9-18)10-20-15(2,3)21-11-16/h4-7H,8-11H2,1-3H3,(H,17,19). The Kier molecular flexibility index (Phi) is 3.42. The first-order valence-corrected chi connectivity index (χ1v) is 7.29. The third kappa shape index (κ3) is 2.89.